The van der Waals surface area contributed by atoms with Gasteiger partial charge >= 0.3 is 0 Å². The van der Waals surface area contributed by atoms with Crippen LogP contribution < -0.4 is 11.1 Å². The molecule has 0 heterocycles. The van der Waals surface area contributed by atoms with Crippen LogP contribution in [0.5, 0.6) is 0 Å². The average Bonchev–Trinajstić information content (AvgIpc) is 2.45. The third-order valence-corrected chi connectivity index (χ3v) is 4.23. The first-order valence-electron chi connectivity index (χ1n) is 7.42. The Morgan fingerprint density at radius 1 is 1.40 bits per heavy atom. The van der Waals surface area contributed by atoms with Gasteiger partial charge in [0.25, 0.3) is 5.69 Å². The lowest BCUT2D eigenvalue weighted by Crippen LogP contribution is -2.30. The van der Waals surface area contributed by atoms with Crippen LogP contribution in [0.25, 0.3) is 0 Å². The molecule has 0 spiro atoms. The van der Waals surface area contributed by atoms with Crippen LogP contribution in [0.15, 0.2) is 18.2 Å². The molecule has 1 fully saturated rings. The van der Waals surface area contributed by atoms with E-state index < -0.39 is 4.92 Å². The summed E-state index contributed by atoms with van der Waals surface area (Å²) in [6.45, 7) is 2.18. The van der Waals surface area contributed by atoms with Crippen molar-refractivity contribution < 1.29 is 4.92 Å². The molecule has 0 bridgehead atoms. The number of nitrogens with one attached hydrogen (secondary N) is 1. The van der Waals surface area contributed by atoms with Crippen LogP contribution in [0.3, 0.4) is 0 Å². The smallest absolute Gasteiger partial charge is 0.292 e. The van der Waals surface area contributed by atoms with Crippen molar-refractivity contribution in [2.24, 2.45) is 5.92 Å². The summed E-state index contributed by atoms with van der Waals surface area (Å²) >= 11 is 0. The quantitative estimate of drug-likeness (QED) is 0.485. The summed E-state index contributed by atoms with van der Waals surface area (Å²) in [5.74, 6) is 0.699. The number of hydrogen-bond donors (Lipinski definition) is 2. The Morgan fingerprint density at radius 3 is 2.65 bits per heavy atom. The van der Waals surface area contributed by atoms with E-state index in [1.165, 1.54) is 38.2 Å². The van der Waals surface area contributed by atoms with Gasteiger partial charge in [-0.3, -0.25) is 10.1 Å². The van der Waals surface area contributed by atoms with E-state index in [9.17, 15) is 10.1 Å². The highest BCUT2D eigenvalue weighted by atomic mass is 16.6. The Hall–Kier alpha value is -1.78. The number of nitrogen functional groups attached to an aromatic ring is 1. The molecule has 5 heteroatoms. The maximum Gasteiger partial charge on any atom is 0.292 e. The van der Waals surface area contributed by atoms with Gasteiger partial charge in [-0.2, -0.15) is 0 Å². The number of nitro groups is 1. The molecule has 2 rings (SSSR count). The summed E-state index contributed by atoms with van der Waals surface area (Å²) < 4.78 is 0. The van der Waals surface area contributed by atoms with E-state index in [0.29, 0.717) is 12.0 Å². The molecule has 0 saturated heterocycles. The molecule has 20 heavy (non-hydrogen) atoms. The fourth-order valence-electron chi connectivity index (χ4n) is 3.11. The van der Waals surface area contributed by atoms with Gasteiger partial charge in [-0.15, -0.1) is 0 Å². The van der Waals surface area contributed by atoms with Gasteiger partial charge in [0.05, 0.1) is 4.92 Å². The summed E-state index contributed by atoms with van der Waals surface area (Å²) in [5, 5.41) is 14.3. The predicted octanol–water partition coefficient (Wildman–Crippen LogP) is 3.95. The normalized spacial score (nSPS) is 17.6. The van der Waals surface area contributed by atoms with E-state index in [2.05, 4.69) is 12.2 Å². The average molecular weight is 277 g/mol. The van der Waals surface area contributed by atoms with Crippen LogP contribution in [0.4, 0.5) is 17.1 Å². The zero-order valence-electron chi connectivity index (χ0n) is 12.0. The highest BCUT2D eigenvalue weighted by Crippen LogP contribution is 2.31. The minimum absolute atomic E-state index is 0.0266. The molecule has 1 aromatic rings. The summed E-state index contributed by atoms with van der Waals surface area (Å²) in [6.07, 6.45) is 7.57. The van der Waals surface area contributed by atoms with E-state index >= 15 is 0 Å². The Morgan fingerprint density at radius 2 is 2.10 bits per heavy atom. The molecule has 5 nitrogen and oxygen atoms in total. The van der Waals surface area contributed by atoms with E-state index in [0.717, 1.165) is 12.1 Å². The standard InChI is InChI=1S/C15H23N3O2/c1-2-14(11-6-4-3-5-7-11)17-12-8-9-15(18(19)20)13(16)10-12/h8-11,14,17H,2-7,16H2,1H3. The Kier molecular flexibility index (Phi) is 4.82. The predicted molar refractivity (Wildman–Crippen MR) is 81.8 cm³/mol. The number of nitrogens with two attached hydrogens (primary N) is 1. The first kappa shape index (κ1) is 14.6. The first-order chi connectivity index (χ1) is 9.61. The van der Waals surface area contributed by atoms with Gasteiger partial charge in [-0.25, -0.2) is 0 Å². The molecule has 3 N–H and O–H groups in total. The lowest BCUT2D eigenvalue weighted by Gasteiger charge is -2.31. The summed E-state index contributed by atoms with van der Waals surface area (Å²) in [7, 11) is 0. The third kappa shape index (κ3) is 3.40. The lowest BCUT2D eigenvalue weighted by atomic mass is 9.83. The van der Waals surface area contributed by atoms with Crippen LogP contribution in [-0.4, -0.2) is 11.0 Å². The summed E-state index contributed by atoms with van der Waals surface area (Å²) in [5.41, 5.74) is 6.81. The van der Waals surface area contributed by atoms with E-state index in [4.69, 9.17) is 5.73 Å². The van der Waals surface area contributed by atoms with E-state index in [1.54, 1.807) is 12.1 Å². The van der Waals surface area contributed by atoms with Gasteiger partial charge in [0.15, 0.2) is 0 Å². The number of benzene rings is 1. The van der Waals surface area contributed by atoms with Crippen LogP contribution in [0.2, 0.25) is 0 Å². The maximum atomic E-state index is 10.8. The van der Waals surface area contributed by atoms with Crippen LogP contribution >= 0.6 is 0 Å². The highest BCUT2D eigenvalue weighted by molar-refractivity contribution is 5.66. The molecule has 1 aliphatic rings. The van der Waals surface area contributed by atoms with Gasteiger partial charge in [0, 0.05) is 17.8 Å². The number of anilines is 2. The molecular weight excluding hydrogens is 254 g/mol. The second-order valence-electron chi connectivity index (χ2n) is 5.59. The van der Waals surface area contributed by atoms with Crippen LogP contribution in [0, 0.1) is 16.0 Å². The topological polar surface area (TPSA) is 81.2 Å². The molecule has 1 atom stereocenters. The molecule has 0 aromatic heterocycles. The minimum Gasteiger partial charge on any atom is -0.393 e. The number of nitrogens with zero attached hydrogens (tertiary/aromatic N) is 1. The van der Waals surface area contributed by atoms with Gasteiger partial charge < -0.3 is 11.1 Å². The van der Waals surface area contributed by atoms with E-state index in [-0.39, 0.29) is 11.4 Å². The molecule has 0 radical (unpaired) electrons. The Labute approximate surface area is 119 Å². The zero-order valence-corrected chi connectivity index (χ0v) is 12.0. The van der Waals surface area contributed by atoms with Gasteiger partial charge in [0.1, 0.15) is 5.69 Å². The minimum atomic E-state index is -0.447. The van der Waals surface area contributed by atoms with Crippen molar-refractivity contribution in [1.29, 1.82) is 0 Å². The van der Waals surface area contributed by atoms with E-state index in [1.807, 2.05) is 0 Å². The number of rotatable bonds is 5. The largest absolute Gasteiger partial charge is 0.393 e. The van der Waals surface area contributed by atoms with Gasteiger partial charge in [-0.05, 0) is 37.3 Å². The van der Waals surface area contributed by atoms with Crippen LogP contribution in [0.1, 0.15) is 45.4 Å². The lowest BCUT2D eigenvalue weighted by molar-refractivity contribution is -0.383. The molecular formula is C15H23N3O2. The summed E-state index contributed by atoms with van der Waals surface area (Å²) in [6, 6.07) is 5.32. The molecule has 1 saturated carbocycles. The fraction of sp³-hybridized carbons (Fsp3) is 0.600. The Bertz CT molecular complexity index is 470. The SMILES string of the molecule is CCC(Nc1ccc([N+](=O)[O-])c(N)c1)C1CCCCC1. The maximum absolute atomic E-state index is 10.8. The molecule has 0 aliphatic heterocycles. The molecule has 1 unspecified atom stereocenters. The third-order valence-electron chi connectivity index (χ3n) is 4.23. The molecule has 1 aliphatic carbocycles. The van der Waals surface area contributed by atoms with Gasteiger partial charge in [-0.1, -0.05) is 26.2 Å². The number of hydrogen-bond acceptors (Lipinski definition) is 4. The molecule has 1 aromatic carbocycles. The van der Waals surface area contributed by atoms with Crippen molar-refractivity contribution >= 4 is 17.1 Å². The second-order valence-corrected chi connectivity index (χ2v) is 5.59. The van der Waals surface area contributed by atoms with Crippen molar-refractivity contribution in [3.05, 3.63) is 28.3 Å². The molecule has 110 valence electrons. The van der Waals surface area contributed by atoms with Crippen molar-refractivity contribution in [2.45, 2.75) is 51.5 Å². The Balaban J connectivity index is 2.07. The van der Waals surface area contributed by atoms with Crippen LogP contribution in [-0.2, 0) is 0 Å². The van der Waals surface area contributed by atoms with Crippen molar-refractivity contribution in [1.82, 2.24) is 0 Å². The zero-order chi connectivity index (χ0) is 14.5. The monoisotopic (exact) mass is 277 g/mol. The molecule has 0 amide bonds. The van der Waals surface area contributed by atoms with Crippen molar-refractivity contribution in [2.75, 3.05) is 11.1 Å². The highest BCUT2D eigenvalue weighted by Gasteiger charge is 2.22. The van der Waals surface area contributed by atoms with Gasteiger partial charge in [0.2, 0.25) is 0 Å². The summed E-state index contributed by atoms with van der Waals surface area (Å²) in [4.78, 5) is 10.3. The fourth-order valence-corrected chi connectivity index (χ4v) is 3.11. The second kappa shape index (κ2) is 6.59. The van der Waals surface area contributed by atoms with Crippen molar-refractivity contribution in [3.8, 4) is 0 Å². The van der Waals surface area contributed by atoms with Crippen molar-refractivity contribution in [3.63, 3.8) is 0 Å². The first-order valence-corrected chi connectivity index (χ1v) is 7.42. The number of nitro benzene ring substituents is 1.